The van der Waals surface area contributed by atoms with Crippen LogP contribution in [-0.2, 0) is 0 Å². The molecular formula is C12H18N2O3. The van der Waals surface area contributed by atoms with E-state index in [9.17, 15) is 15.0 Å². The van der Waals surface area contributed by atoms with Crippen molar-refractivity contribution in [3.05, 3.63) is 23.8 Å². The molecule has 0 spiro atoms. The van der Waals surface area contributed by atoms with Gasteiger partial charge in [0.05, 0.1) is 5.56 Å². The maximum Gasteiger partial charge on any atom is 0.255 e. The topological polar surface area (TPSA) is 95.6 Å². The molecular weight excluding hydrogens is 220 g/mol. The van der Waals surface area contributed by atoms with Gasteiger partial charge in [-0.25, -0.2) is 0 Å². The molecule has 0 saturated heterocycles. The van der Waals surface area contributed by atoms with Crippen molar-refractivity contribution >= 4 is 5.91 Å². The predicted octanol–water partition coefficient (Wildman–Crippen LogP) is 0.811. The number of hydrogen-bond acceptors (Lipinski definition) is 4. The minimum atomic E-state index is -0.442. The lowest BCUT2D eigenvalue weighted by atomic mass is 10.0. The maximum absolute atomic E-state index is 11.9. The van der Waals surface area contributed by atoms with Crippen LogP contribution in [0.2, 0.25) is 0 Å². The Morgan fingerprint density at radius 3 is 2.59 bits per heavy atom. The third-order valence-electron chi connectivity index (χ3n) is 2.60. The van der Waals surface area contributed by atoms with Crippen molar-refractivity contribution in [1.29, 1.82) is 0 Å². The standard InChI is InChI=1S/C12H18N2O3/c1-7(2)10(6-13)14-12(17)9-5-8(15)3-4-11(9)16/h3-5,7,10,15-16H,6,13H2,1-2H3,(H,14,17). The first kappa shape index (κ1) is 13.3. The van der Waals surface area contributed by atoms with E-state index >= 15 is 0 Å². The second kappa shape index (κ2) is 5.54. The fourth-order valence-corrected chi connectivity index (χ4v) is 1.45. The zero-order valence-corrected chi connectivity index (χ0v) is 9.97. The lowest BCUT2D eigenvalue weighted by molar-refractivity contribution is 0.0924. The molecule has 0 aliphatic carbocycles. The molecule has 1 aromatic carbocycles. The summed E-state index contributed by atoms with van der Waals surface area (Å²) in [5.41, 5.74) is 5.59. The number of rotatable bonds is 4. The molecule has 0 fully saturated rings. The molecule has 0 aromatic heterocycles. The number of carbonyl (C=O) groups excluding carboxylic acids is 1. The first-order valence-corrected chi connectivity index (χ1v) is 5.48. The van der Waals surface area contributed by atoms with Crippen molar-refractivity contribution in [3.63, 3.8) is 0 Å². The van der Waals surface area contributed by atoms with Gasteiger partial charge in [0.25, 0.3) is 5.91 Å². The van der Waals surface area contributed by atoms with Crippen LogP contribution in [0.3, 0.4) is 0 Å². The Morgan fingerprint density at radius 2 is 2.06 bits per heavy atom. The van der Waals surface area contributed by atoms with Crippen LogP contribution in [-0.4, -0.2) is 28.7 Å². The van der Waals surface area contributed by atoms with Crippen LogP contribution in [0.15, 0.2) is 18.2 Å². The summed E-state index contributed by atoms with van der Waals surface area (Å²) in [7, 11) is 0. The maximum atomic E-state index is 11.9. The molecule has 1 unspecified atom stereocenters. The normalized spacial score (nSPS) is 12.5. The highest BCUT2D eigenvalue weighted by atomic mass is 16.3. The van der Waals surface area contributed by atoms with Gasteiger partial charge in [0.1, 0.15) is 11.5 Å². The quantitative estimate of drug-likeness (QED) is 0.584. The number of nitrogens with one attached hydrogen (secondary N) is 1. The number of aromatic hydroxyl groups is 2. The Labute approximate surface area is 100 Å². The van der Waals surface area contributed by atoms with E-state index in [0.717, 1.165) is 0 Å². The van der Waals surface area contributed by atoms with Crippen molar-refractivity contribution in [2.45, 2.75) is 19.9 Å². The Balaban J connectivity index is 2.86. The highest BCUT2D eigenvalue weighted by Crippen LogP contribution is 2.22. The fraction of sp³-hybridized carbons (Fsp3) is 0.417. The smallest absolute Gasteiger partial charge is 0.255 e. The van der Waals surface area contributed by atoms with Crippen LogP contribution in [0.4, 0.5) is 0 Å². The van der Waals surface area contributed by atoms with E-state index in [1.54, 1.807) is 0 Å². The van der Waals surface area contributed by atoms with Gasteiger partial charge in [0.2, 0.25) is 0 Å². The van der Waals surface area contributed by atoms with Gasteiger partial charge >= 0.3 is 0 Å². The number of benzene rings is 1. The van der Waals surface area contributed by atoms with Gasteiger partial charge in [-0.05, 0) is 24.1 Å². The summed E-state index contributed by atoms with van der Waals surface area (Å²) >= 11 is 0. The Hall–Kier alpha value is -1.75. The van der Waals surface area contributed by atoms with Crippen molar-refractivity contribution in [2.24, 2.45) is 11.7 Å². The highest BCUT2D eigenvalue weighted by Gasteiger charge is 2.18. The third kappa shape index (κ3) is 3.35. The molecule has 1 aromatic rings. The lowest BCUT2D eigenvalue weighted by Gasteiger charge is -2.20. The Kier molecular flexibility index (Phi) is 4.34. The molecule has 1 amide bonds. The second-order valence-corrected chi connectivity index (χ2v) is 4.26. The first-order chi connectivity index (χ1) is 7.95. The average molecular weight is 238 g/mol. The molecule has 5 nitrogen and oxygen atoms in total. The van der Waals surface area contributed by atoms with Crippen molar-refractivity contribution in [2.75, 3.05) is 6.54 Å². The van der Waals surface area contributed by atoms with Gasteiger partial charge < -0.3 is 21.3 Å². The summed E-state index contributed by atoms with van der Waals surface area (Å²) in [5.74, 6) is -0.479. The minimum Gasteiger partial charge on any atom is -0.508 e. The number of hydrogen-bond donors (Lipinski definition) is 4. The molecule has 0 heterocycles. The molecule has 17 heavy (non-hydrogen) atoms. The van der Waals surface area contributed by atoms with E-state index in [-0.39, 0.29) is 29.0 Å². The summed E-state index contributed by atoms with van der Waals surface area (Å²) in [6.45, 7) is 4.21. The summed E-state index contributed by atoms with van der Waals surface area (Å²) in [6.07, 6.45) is 0. The molecule has 1 atom stereocenters. The zero-order chi connectivity index (χ0) is 13.0. The molecule has 0 bridgehead atoms. The van der Waals surface area contributed by atoms with Crippen LogP contribution in [0.1, 0.15) is 24.2 Å². The van der Waals surface area contributed by atoms with Gasteiger partial charge in [-0.1, -0.05) is 13.8 Å². The Bertz CT molecular complexity index is 405. The minimum absolute atomic E-state index is 0.0455. The van der Waals surface area contributed by atoms with Crippen molar-refractivity contribution in [3.8, 4) is 11.5 Å². The molecule has 0 aliphatic heterocycles. The molecule has 5 heteroatoms. The van der Waals surface area contributed by atoms with E-state index in [0.29, 0.717) is 6.54 Å². The van der Waals surface area contributed by atoms with Gasteiger partial charge in [-0.15, -0.1) is 0 Å². The molecule has 0 aliphatic rings. The SMILES string of the molecule is CC(C)C(CN)NC(=O)c1cc(O)ccc1O. The van der Waals surface area contributed by atoms with E-state index in [2.05, 4.69) is 5.32 Å². The van der Waals surface area contributed by atoms with Gasteiger partial charge in [0, 0.05) is 12.6 Å². The van der Waals surface area contributed by atoms with Crippen LogP contribution >= 0.6 is 0 Å². The molecule has 1 rings (SSSR count). The molecule has 0 radical (unpaired) electrons. The number of nitrogens with two attached hydrogens (primary N) is 1. The van der Waals surface area contributed by atoms with E-state index in [4.69, 9.17) is 5.73 Å². The first-order valence-electron chi connectivity index (χ1n) is 5.48. The Morgan fingerprint density at radius 1 is 1.41 bits per heavy atom. The summed E-state index contributed by atoms with van der Waals surface area (Å²) < 4.78 is 0. The predicted molar refractivity (Wildman–Crippen MR) is 64.9 cm³/mol. The number of phenolic OH excluding ortho intramolecular Hbond substituents is 2. The fourth-order valence-electron chi connectivity index (χ4n) is 1.45. The van der Waals surface area contributed by atoms with Gasteiger partial charge in [-0.2, -0.15) is 0 Å². The van der Waals surface area contributed by atoms with E-state index in [1.807, 2.05) is 13.8 Å². The molecule has 94 valence electrons. The number of phenols is 2. The van der Waals surface area contributed by atoms with E-state index in [1.165, 1.54) is 18.2 Å². The summed E-state index contributed by atoms with van der Waals surface area (Å²) in [4.78, 5) is 11.9. The lowest BCUT2D eigenvalue weighted by Crippen LogP contribution is -2.43. The summed E-state index contributed by atoms with van der Waals surface area (Å²) in [5, 5.41) is 21.5. The highest BCUT2D eigenvalue weighted by molar-refractivity contribution is 5.97. The van der Waals surface area contributed by atoms with Gasteiger partial charge in [0.15, 0.2) is 0 Å². The third-order valence-corrected chi connectivity index (χ3v) is 2.60. The van der Waals surface area contributed by atoms with Crippen LogP contribution < -0.4 is 11.1 Å². The van der Waals surface area contributed by atoms with Gasteiger partial charge in [-0.3, -0.25) is 4.79 Å². The van der Waals surface area contributed by atoms with Crippen LogP contribution in [0.5, 0.6) is 11.5 Å². The summed E-state index contributed by atoms with van der Waals surface area (Å²) in [6, 6.07) is 3.65. The largest absolute Gasteiger partial charge is 0.508 e. The van der Waals surface area contributed by atoms with E-state index < -0.39 is 5.91 Å². The second-order valence-electron chi connectivity index (χ2n) is 4.26. The van der Waals surface area contributed by atoms with Crippen LogP contribution in [0, 0.1) is 5.92 Å². The van der Waals surface area contributed by atoms with Crippen molar-refractivity contribution in [1.82, 2.24) is 5.32 Å². The van der Waals surface area contributed by atoms with Crippen LogP contribution in [0.25, 0.3) is 0 Å². The number of amides is 1. The monoisotopic (exact) mass is 238 g/mol. The zero-order valence-electron chi connectivity index (χ0n) is 9.97. The average Bonchev–Trinajstić information content (AvgIpc) is 2.28. The van der Waals surface area contributed by atoms with Crippen molar-refractivity contribution < 1.29 is 15.0 Å². The molecule has 5 N–H and O–H groups in total. The molecule has 0 saturated carbocycles. The number of carbonyl (C=O) groups is 1.